The molecule has 0 spiro atoms. The van der Waals surface area contributed by atoms with Crippen molar-refractivity contribution in [1.29, 1.82) is 0 Å². The highest BCUT2D eigenvalue weighted by atomic mass is 19.1. The van der Waals surface area contributed by atoms with E-state index in [1.54, 1.807) is 31.4 Å². The van der Waals surface area contributed by atoms with E-state index in [0.29, 0.717) is 35.9 Å². The van der Waals surface area contributed by atoms with Crippen molar-refractivity contribution in [2.45, 2.75) is 25.9 Å². The number of amides is 3. The van der Waals surface area contributed by atoms with Gasteiger partial charge in [-0.2, -0.15) is 0 Å². The monoisotopic (exact) mass is 499 g/mol. The number of nitrogens with zero attached hydrogens (tertiary/aromatic N) is 2. The minimum absolute atomic E-state index is 0.0674. The minimum atomic E-state index is -0.912. The number of hydrogen-bond acceptors (Lipinski definition) is 6. The average Bonchev–Trinajstić information content (AvgIpc) is 2.85. The van der Waals surface area contributed by atoms with Crippen LogP contribution in [0.25, 0.3) is 22.4 Å². The van der Waals surface area contributed by atoms with Gasteiger partial charge >= 0.3 is 12.1 Å². The van der Waals surface area contributed by atoms with Crippen molar-refractivity contribution in [3.8, 4) is 22.4 Å². The second-order valence-electron chi connectivity index (χ2n) is 8.38. The number of nitrogens with one attached hydrogen (secondary N) is 3. The van der Waals surface area contributed by atoms with Crippen LogP contribution in [-0.2, 0) is 9.47 Å². The van der Waals surface area contributed by atoms with E-state index in [-0.39, 0.29) is 17.1 Å². The fourth-order valence-corrected chi connectivity index (χ4v) is 3.18. The summed E-state index contributed by atoms with van der Waals surface area (Å²) in [6, 6.07) is 7.71. The largest absolute Gasteiger partial charge is 0.453 e. The number of pyridine rings is 2. The van der Waals surface area contributed by atoms with Crippen LogP contribution in [0.2, 0.25) is 0 Å². The van der Waals surface area contributed by atoms with E-state index >= 15 is 0 Å². The third kappa shape index (κ3) is 6.95. The highest BCUT2D eigenvalue weighted by Crippen LogP contribution is 2.31. The first-order valence-electron chi connectivity index (χ1n) is 11.0. The predicted octanol–water partition coefficient (Wildman–Crippen LogP) is 5.20. The molecule has 3 aromatic rings. The number of ether oxygens (including phenoxy) is 2. The highest BCUT2D eigenvalue weighted by molar-refractivity contribution is 5.90. The Hall–Kier alpha value is -4.12. The molecule has 2 aromatic heterocycles. The van der Waals surface area contributed by atoms with Gasteiger partial charge in [0, 0.05) is 43.2 Å². The first-order valence-corrected chi connectivity index (χ1v) is 11.0. The molecule has 0 radical (unpaired) electrons. The molecule has 3 N–H and O–H groups in total. The summed E-state index contributed by atoms with van der Waals surface area (Å²) in [5.74, 6) is -1.48. The maximum Gasteiger partial charge on any atom is 0.412 e. The maximum absolute atomic E-state index is 14.7. The molecule has 0 saturated carbocycles. The van der Waals surface area contributed by atoms with E-state index in [4.69, 9.17) is 4.74 Å². The Morgan fingerprint density at radius 1 is 0.944 bits per heavy atom. The molecule has 3 amide bonds. The van der Waals surface area contributed by atoms with Crippen molar-refractivity contribution < 1.29 is 27.8 Å². The SMILES string of the molecule is COC(=O)Nc1cc(-c2cc(-c3cc(NC(=O)NCCC(C)(C)OC)c(F)cc3F)ccn2)ccn1. The number of carbonyl (C=O) groups is 2. The summed E-state index contributed by atoms with van der Waals surface area (Å²) in [6.45, 7) is 4.06. The molecule has 0 unspecified atom stereocenters. The molecule has 0 aliphatic rings. The van der Waals surface area contributed by atoms with Gasteiger partial charge in [-0.05, 0) is 56.2 Å². The number of rotatable bonds is 8. The van der Waals surface area contributed by atoms with Crippen LogP contribution in [0.5, 0.6) is 0 Å². The summed E-state index contributed by atoms with van der Waals surface area (Å²) in [5.41, 5.74) is 0.921. The van der Waals surface area contributed by atoms with Crippen molar-refractivity contribution in [1.82, 2.24) is 15.3 Å². The Bertz CT molecular complexity index is 1250. The first-order chi connectivity index (χ1) is 17.1. The third-order valence-electron chi connectivity index (χ3n) is 5.41. The molecule has 11 heteroatoms. The lowest BCUT2D eigenvalue weighted by Crippen LogP contribution is -2.34. The van der Waals surface area contributed by atoms with Crippen LogP contribution in [0.3, 0.4) is 0 Å². The lowest BCUT2D eigenvalue weighted by atomic mass is 10.0. The van der Waals surface area contributed by atoms with Crippen molar-refractivity contribution in [3.63, 3.8) is 0 Å². The van der Waals surface area contributed by atoms with Crippen LogP contribution in [0, 0.1) is 11.6 Å². The summed E-state index contributed by atoms with van der Waals surface area (Å²) in [5, 5.41) is 7.51. The zero-order chi connectivity index (χ0) is 26.3. The van der Waals surface area contributed by atoms with Crippen molar-refractivity contribution in [2.75, 3.05) is 31.4 Å². The number of aromatic nitrogens is 2. The van der Waals surface area contributed by atoms with Gasteiger partial charge in [-0.3, -0.25) is 10.3 Å². The van der Waals surface area contributed by atoms with Crippen molar-refractivity contribution in [3.05, 3.63) is 60.4 Å². The molecule has 3 rings (SSSR count). The molecule has 0 aliphatic heterocycles. The molecular weight excluding hydrogens is 472 g/mol. The van der Waals surface area contributed by atoms with Crippen molar-refractivity contribution in [2.24, 2.45) is 0 Å². The van der Waals surface area contributed by atoms with Crippen LogP contribution < -0.4 is 16.0 Å². The second kappa shape index (κ2) is 11.5. The number of anilines is 2. The summed E-state index contributed by atoms with van der Waals surface area (Å²) in [7, 11) is 2.81. The number of hydrogen-bond donors (Lipinski definition) is 3. The average molecular weight is 500 g/mol. The van der Waals surface area contributed by atoms with Gasteiger partial charge in [0.05, 0.1) is 24.1 Å². The number of halogens is 2. The Balaban J connectivity index is 1.82. The molecule has 0 aliphatic carbocycles. The molecular formula is C25H27F2N5O4. The van der Waals surface area contributed by atoms with Crippen LogP contribution in [0.15, 0.2) is 48.8 Å². The topological polar surface area (TPSA) is 114 Å². The summed E-state index contributed by atoms with van der Waals surface area (Å²) >= 11 is 0. The summed E-state index contributed by atoms with van der Waals surface area (Å²) in [4.78, 5) is 32.1. The molecule has 1 aromatic carbocycles. The van der Waals surface area contributed by atoms with E-state index in [9.17, 15) is 18.4 Å². The van der Waals surface area contributed by atoms with Crippen LogP contribution in [-0.4, -0.2) is 48.5 Å². The van der Waals surface area contributed by atoms with Gasteiger partial charge in [-0.1, -0.05) is 0 Å². The Labute approximate surface area is 207 Å². The fraction of sp³-hybridized carbons (Fsp3) is 0.280. The first kappa shape index (κ1) is 26.5. The van der Waals surface area contributed by atoms with E-state index < -0.39 is 29.4 Å². The maximum atomic E-state index is 14.7. The molecule has 0 fully saturated rings. The Morgan fingerprint density at radius 3 is 2.39 bits per heavy atom. The van der Waals surface area contributed by atoms with Gasteiger partial charge in [0.2, 0.25) is 0 Å². The molecule has 0 bridgehead atoms. The second-order valence-corrected chi connectivity index (χ2v) is 8.38. The van der Waals surface area contributed by atoms with E-state index in [1.807, 2.05) is 13.8 Å². The molecule has 9 nitrogen and oxygen atoms in total. The van der Waals surface area contributed by atoms with Crippen molar-refractivity contribution >= 4 is 23.6 Å². The van der Waals surface area contributed by atoms with Gasteiger partial charge < -0.3 is 20.1 Å². The zero-order valence-electron chi connectivity index (χ0n) is 20.3. The smallest absolute Gasteiger partial charge is 0.412 e. The van der Waals surface area contributed by atoms with E-state index in [1.165, 1.54) is 25.6 Å². The predicted molar refractivity (Wildman–Crippen MR) is 132 cm³/mol. The van der Waals surface area contributed by atoms with Gasteiger partial charge in [-0.15, -0.1) is 0 Å². The molecule has 2 heterocycles. The number of benzene rings is 1. The molecule has 0 atom stereocenters. The Morgan fingerprint density at radius 2 is 1.67 bits per heavy atom. The normalized spacial score (nSPS) is 11.1. The standard InChI is InChI=1S/C25H27F2N5O4/c1-25(2,36-4)7-10-30-23(33)31-21-13-17(18(26)14-19(21)27)15-5-8-28-20(11-15)16-6-9-29-22(12-16)32-24(34)35-3/h5-6,8-9,11-14H,7,10H2,1-4H3,(H,29,32,34)(H2,30,31,33). The number of methoxy groups -OCH3 is 2. The van der Waals surface area contributed by atoms with Gasteiger partial charge in [0.1, 0.15) is 17.5 Å². The van der Waals surface area contributed by atoms with Crippen LogP contribution >= 0.6 is 0 Å². The van der Waals surface area contributed by atoms with Gasteiger partial charge in [0.15, 0.2) is 0 Å². The quantitative estimate of drug-likeness (QED) is 0.392. The number of urea groups is 1. The number of carbonyl (C=O) groups excluding carboxylic acids is 2. The van der Waals surface area contributed by atoms with E-state index in [2.05, 4.69) is 30.7 Å². The third-order valence-corrected chi connectivity index (χ3v) is 5.41. The van der Waals surface area contributed by atoms with Crippen LogP contribution in [0.1, 0.15) is 20.3 Å². The zero-order valence-corrected chi connectivity index (χ0v) is 20.3. The van der Waals surface area contributed by atoms with E-state index in [0.717, 1.165) is 0 Å². The van der Waals surface area contributed by atoms with Crippen LogP contribution in [0.4, 0.5) is 29.9 Å². The van der Waals surface area contributed by atoms with Gasteiger partial charge in [-0.25, -0.2) is 23.4 Å². The molecule has 190 valence electrons. The molecule has 36 heavy (non-hydrogen) atoms. The molecule has 0 saturated heterocycles. The van der Waals surface area contributed by atoms with Gasteiger partial charge in [0.25, 0.3) is 0 Å². The Kier molecular flexibility index (Phi) is 8.49. The lowest BCUT2D eigenvalue weighted by molar-refractivity contribution is 0.0165. The fourth-order valence-electron chi connectivity index (χ4n) is 3.18. The summed E-state index contributed by atoms with van der Waals surface area (Å²) in [6.07, 6.45) is 2.81. The summed E-state index contributed by atoms with van der Waals surface area (Å²) < 4.78 is 39.0. The lowest BCUT2D eigenvalue weighted by Gasteiger charge is -2.22. The highest BCUT2D eigenvalue weighted by Gasteiger charge is 2.18. The minimum Gasteiger partial charge on any atom is -0.453 e.